The highest BCUT2D eigenvalue weighted by Gasteiger charge is 2.17. The van der Waals surface area contributed by atoms with Crippen molar-refractivity contribution >= 4 is 15.7 Å². The number of aromatic nitrogens is 2. The van der Waals surface area contributed by atoms with Gasteiger partial charge in [-0.2, -0.15) is 4.98 Å². The van der Waals surface area contributed by atoms with Gasteiger partial charge in [-0.1, -0.05) is 41.6 Å². The normalized spacial score (nSPS) is 11.3. The highest BCUT2D eigenvalue weighted by Crippen LogP contribution is 2.25. The predicted molar refractivity (Wildman–Crippen MR) is 102 cm³/mol. The minimum absolute atomic E-state index is 0.0220. The minimum Gasteiger partial charge on any atom is -0.334 e. The van der Waals surface area contributed by atoms with Gasteiger partial charge in [-0.15, -0.1) is 0 Å². The Balaban J connectivity index is 1.63. The third kappa shape index (κ3) is 3.77. The first kappa shape index (κ1) is 17.9. The Bertz CT molecular complexity index is 1210. The van der Waals surface area contributed by atoms with E-state index in [0.29, 0.717) is 11.4 Å². The van der Waals surface area contributed by atoms with Crippen LogP contribution in [0.15, 0.2) is 88.3 Å². The maximum atomic E-state index is 13.0. The second kappa shape index (κ2) is 7.24. The molecule has 0 atom stereocenters. The van der Waals surface area contributed by atoms with Crippen LogP contribution in [0.5, 0.6) is 0 Å². The molecule has 0 aliphatic heterocycles. The fourth-order valence-electron chi connectivity index (χ4n) is 2.57. The van der Waals surface area contributed by atoms with Crippen LogP contribution in [0, 0.1) is 5.82 Å². The summed E-state index contributed by atoms with van der Waals surface area (Å²) in [5, 5.41) is 3.94. The predicted octanol–water partition coefficient (Wildman–Crippen LogP) is 4.34. The van der Waals surface area contributed by atoms with Crippen LogP contribution in [0.4, 0.5) is 10.1 Å². The van der Waals surface area contributed by atoms with Crippen LogP contribution >= 0.6 is 0 Å². The smallest absolute Gasteiger partial charge is 0.261 e. The summed E-state index contributed by atoms with van der Waals surface area (Å²) in [7, 11) is -3.86. The molecule has 1 N–H and O–H groups in total. The van der Waals surface area contributed by atoms with E-state index < -0.39 is 15.8 Å². The molecule has 0 saturated heterocycles. The highest BCUT2D eigenvalue weighted by atomic mass is 32.2. The van der Waals surface area contributed by atoms with Crippen LogP contribution in [-0.2, 0) is 10.0 Å². The molecule has 8 heteroatoms. The standard InChI is InChI=1S/C20H14FN3O3S/c21-16-9-11-17(12-10-16)24-28(25,26)18-8-4-7-15(13-18)20-22-19(23-27-20)14-5-2-1-3-6-14/h1-13,24H. The Morgan fingerprint density at radius 1 is 0.857 bits per heavy atom. The third-order valence-corrected chi connectivity index (χ3v) is 5.32. The molecule has 1 heterocycles. The number of hydrogen-bond donors (Lipinski definition) is 1. The van der Waals surface area contributed by atoms with Gasteiger partial charge in [0.05, 0.1) is 4.90 Å². The zero-order valence-electron chi connectivity index (χ0n) is 14.4. The summed E-state index contributed by atoms with van der Waals surface area (Å²) in [4.78, 5) is 4.35. The molecule has 0 spiro atoms. The van der Waals surface area contributed by atoms with Crippen molar-refractivity contribution in [2.75, 3.05) is 4.72 Å². The summed E-state index contributed by atoms with van der Waals surface area (Å²) in [5.74, 6) is 0.168. The highest BCUT2D eigenvalue weighted by molar-refractivity contribution is 7.92. The van der Waals surface area contributed by atoms with Crippen LogP contribution in [0.1, 0.15) is 0 Å². The lowest BCUT2D eigenvalue weighted by molar-refractivity contribution is 0.432. The van der Waals surface area contributed by atoms with Gasteiger partial charge in [0.1, 0.15) is 5.82 Å². The Kier molecular flexibility index (Phi) is 4.62. The number of nitrogens with zero attached hydrogens (tertiary/aromatic N) is 2. The van der Waals surface area contributed by atoms with Crippen molar-refractivity contribution in [3.63, 3.8) is 0 Å². The van der Waals surface area contributed by atoms with Crippen molar-refractivity contribution in [1.29, 1.82) is 0 Å². The average Bonchev–Trinajstić information content (AvgIpc) is 3.21. The third-order valence-electron chi connectivity index (χ3n) is 3.95. The van der Waals surface area contributed by atoms with E-state index in [1.54, 1.807) is 12.1 Å². The fraction of sp³-hybridized carbons (Fsp3) is 0. The van der Waals surface area contributed by atoms with Gasteiger partial charge in [-0.25, -0.2) is 12.8 Å². The lowest BCUT2D eigenvalue weighted by Crippen LogP contribution is -2.12. The van der Waals surface area contributed by atoms with Crippen LogP contribution in [0.25, 0.3) is 22.8 Å². The molecular formula is C20H14FN3O3S. The van der Waals surface area contributed by atoms with E-state index in [0.717, 1.165) is 5.56 Å². The van der Waals surface area contributed by atoms with Gasteiger partial charge in [0.25, 0.3) is 15.9 Å². The molecule has 0 aliphatic rings. The number of halogens is 1. The van der Waals surface area contributed by atoms with E-state index in [1.165, 1.54) is 36.4 Å². The van der Waals surface area contributed by atoms with Crippen molar-refractivity contribution in [2.24, 2.45) is 0 Å². The average molecular weight is 395 g/mol. The summed E-state index contributed by atoms with van der Waals surface area (Å²) in [6.07, 6.45) is 0. The van der Waals surface area contributed by atoms with Crippen LogP contribution in [-0.4, -0.2) is 18.6 Å². The van der Waals surface area contributed by atoms with E-state index >= 15 is 0 Å². The lowest BCUT2D eigenvalue weighted by atomic mass is 10.2. The molecule has 4 rings (SSSR count). The summed E-state index contributed by atoms with van der Waals surface area (Å²) in [5.41, 5.74) is 1.52. The minimum atomic E-state index is -3.86. The molecule has 140 valence electrons. The van der Waals surface area contributed by atoms with Crippen molar-refractivity contribution in [1.82, 2.24) is 10.1 Å². The largest absolute Gasteiger partial charge is 0.334 e. The fourth-order valence-corrected chi connectivity index (χ4v) is 3.68. The zero-order chi connectivity index (χ0) is 19.6. The number of hydrogen-bond acceptors (Lipinski definition) is 5. The number of sulfonamides is 1. The van der Waals surface area contributed by atoms with E-state index in [1.807, 2.05) is 30.3 Å². The van der Waals surface area contributed by atoms with E-state index in [-0.39, 0.29) is 16.5 Å². The van der Waals surface area contributed by atoms with E-state index in [9.17, 15) is 12.8 Å². The quantitative estimate of drug-likeness (QED) is 0.543. The molecule has 4 aromatic rings. The Morgan fingerprint density at radius 3 is 2.32 bits per heavy atom. The van der Waals surface area contributed by atoms with E-state index in [2.05, 4.69) is 14.9 Å². The summed E-state index contributed by atoms with van der Waals surface area (Å²) in [6.45, 7) is 0. The molecule has 0 aliphatic carbocycles. The van der Waals surface area contributed by atoms with Gasteiger partial charge in [-0.05, 0) is 42.5 Å². The Hall–Kier alpha value is -3.52. The van der Waals surface area contributed by atoms with Crippen molar-refractivity contribution < 1.29 is 17.3 Å². The van der Waals surface area contributed by atoms with Crippen molar-refractivity contribution in [3.05, 3.63) is 84.7 Å². The first-order valence-corrected chi connectivity index (χ1v) is 9.77. The first-order chi connectivity index (χ1) is 13.5. The SMILES string of the molecule is O=S(=O)(Nc1ccc(F)cc1)c1cccc(-c2nc(-c3ccccc3)no2)c1. The second-order valence-electron chi connectivity index (χ2n) is 5.93. The Labute approximate surface area is 160 Å². The molecule has 0 radical (unpaired) electrons. The maximum Gasteiger partial charge on any atom is 0.261 e. The molecule has 0 bridgehead atoms. The second-order valence-corrected chi connectivity index (χ2v) is 7.61. The zero-order valence-corrected chi connectivity index (χ0v) is 15.2. The van der Waals surface area contributed by atoms with Crippen molar-refractivity contribution in [2.45, 2.75) is 4.90 Å². The van der Waals surface area contributed by atoms with Gasteiger partial charge < -0.3 is 4.52 Å². The van der Waals surface area contributed by atoms with E-state index in [4.69, 9.17) is 4.52 Å². The van der Waals surface area contributed by atoms with Gasteiger partial charge in [0.2, 0.25) is 5.82 Å². The maximum absolute atomic E-state index is 13.0. The molecule has 1 aromatic heterocycles. The molecule has 0 amide bonds. The number of benzene rings is 3. The summed E-state index contributed by atoms with van der Waals surface area (Å²) < 4.78 is 46.0. The van der Waals surface area contributed by atoms with Crippen molar-refractivity contribution in [3.8, 4) is 22.8 Å². The summed E-state index contributed by atoms with van der Waals surface area (Å²) >= 11 is 0. The monoisotopic (exact) mass is 395 g/mol. The summed E-state index contributed by atoms with van der Waals surface area (Å²) in [6, 6.07) is 20.5. The molecule has 3 aromatic carbocycles. The van der Waals surface area contributed by atoms with Crippen LogP contribution < -0.4 is 4.72 Å². The van der Waals surface area contributed by atoms with Gasteiger partial charge in [0.15, 0.2) is 0 Å². The number of nitrogens with one attached hydrogen (secondary N) is 1. The van der Waals surface area contributed by atoms with Gasteiger partial charge in [0, 0.05) is 16.8 Å². The number of anilines is 1. The molecular weight excluding hydrogens is 381 g/mol. The molecule has 0 saturated carbocycles. The van der Waals surface area contributed by atoms with Crippen LogP contribution in [0.3, 0.4) is 0 Å². The first-order valence-electron chi connectivity index (χ1n) is 8.29. The lowest BCUT2D eigenvalue weighted by Gasteiger charge is -2.08. The topological polar surface area (TPSA) is 85.1 Å². The molecule has 0 fully saturated rings. The van der Waals surface area contributed by atoms with Gasteiger partial charge in [-0.3, -0.25) is 4.72 Å². The molecule has 6 nitrogen and oxygen atoms in total. The number of rotatable bonds is 5. The molecule has 28 heavy (non-hydrogen) atoms. The van der Waals surface area contributed by atoms with Gasteiger partial charge >= 0.3 is 0 Å². The Morgan fingerprint density at radius 2 is 1.57 bits per heavy atom. The van der Waals surface area contributed by atoms with Crippen LogP contribution in [0.2, 0.25) is 0 Å². The molecule has 0 unspecified atom stereocenters.